The summed E-state index contributed by atoms with van der Waals surface area (Å²) in [5, 5.41) is 3.51. The molecule has 0 aliphatic carbocycles. The minimum Gasteiger partial charge on any atom is -0.486 e. The van der Waals surface area contributed by atoms with Crippen LogP contribution in [-0.4, -0.2) is 62.2 Å². The van der Waals surface area contributed by atoms with E-state index in [-0.39, 0.29) is 18.0 Å². The third-order valence-corrected chi connectivity index (χ3v) is 8.30. The zero-order chi connectivity index (χ0) is 28.3. The molecule has 0 saturated carbocycles. The molecule has 208 valence electrons. The molecule has 1 aliphatic rings. The number of carbonyl (C=O) groups is 2. The van der Waals surface area contributed by atoms with Crippen molar-refractivity contribution in [3.8, 4) is 11.5 Å². The van der Waals surface area contributed by atoms with Crippen LogP contribution in [0, 0.1) is 0 Å². The topological polar surface area (TPSA) is 105 Å². The van der Waals surface area contributed by atoms with Crippen LogP contribution < -0.4 is 19.1 Å². The lowest BCUT2D eigenvalue weighted by molar-refractivity contribution is -0.140. The van der Waals surface area contributed by atoms with E-state index in [4.69, 9.17) is 32.7 Å². The molecule has 0 saturated heterocycles. The van der Waals surface area contributed by atoms with E-state index >= 15 is 0 Å². The number of amides is 2. The fourth-order valence-electron chi connectivity index (χ4n) is 3.82. The first kappa shape index (κ1) is 29.9. The Kier molecular flexibility index (Phi) is 9.43. The monoisotopic (exact) mass is 585 g/mol. The molecular weight excluding hydrogens is 553 g/mol. The van der Waals surface area contributed by atoms with Gasteiger partial charge in [0.05, 0.1) is 11.4 Å². The van der Waals surface area contributed by atoms with Gasteiger partial charge in [0.2, 0.25) is 21.8 Å². The molecule has 2 amide bonds. The van der Waals surface area contributed by atoms with Gasteiger partial charge in [-0.1, -0.05) is 29.3 Å². The fourth-order valence-corrected chi connectivity index (χ4v) is 5.39. The molecule has 38 heavy (non-hydrogen) atoms. The van der Waals surface area contributed by atoms with Crippen molar-refractivity contribution in [2.75, 3.05) is 29.8 Å². The van der Waals surface area contributed by atoms with Crippen LogP contribution in [0.5, 0.6) is 11.5 Å². The van der Waals surface area contributed by atoms with Gasteiger partial charge in [-0.05, 0) is 58.9 Å². The number of benzene rings is 2. The average molecular weight is 587 g/mol. The van der Waals surface area contributed by atoms with Crippen LogP contribution in [0.3, 0.4) is 0 Å². The Morgan fingerprint density at radius 2 is 1.66 bits per heavy atom. The molecular formula is C26H33Cl2N3O6S. The molecule has 3 rings (SSSR count). The summed E-state index contributed by atoms with van der Waals surface area (Å²) in [4.78, 5) is 28.2. The highest BCUT2D eigenvalue weighted by Gasteiger charge is 2.33. The second-order valence-corrected chi connectivity index (χ2v) is 12.9. The molecule has 1 heterocycles. The van der Waals surface area contributed by atoms with Gasteiger partial charge in [0.15, 0.2) is 11.5 Å². The molecule has 1 atom stereocenters. The van der Waals surface area contributed by atoms with Crippen molar-refractivity contribution in [2.45, 2.75) is 52.7 Å². The molecule has 1 aliphatic heterocycles. The summed E-state index contributed by atoms with van der Waals surface area (Å²) in [6.45, 7) is 8.60. The summed E-state index contributed by atoms with van der Waals surface area (Å²) >= 11 is 12.8. The van der Waals surface area contributed by atoms with E-state index in [1.165, 1.54) is 17.9 Å². The highest BCUT2D eigenvalue weighted by Crippen LogP contribution is 2.35. The quantitative estimate of drug-likeness (QED) is 0.471. The van der Waals surface area contributed by atoms with Crippen molar-refractivity contribution in [1.82, 2.24) is 10.2 Å². The molecule has 0 radical (unpaired) electrons. The predicted molar refractivity (Wildman–Crippen MR) is 149 cm³/mol. The number of ether oxygens (including phenoxy) is 2. The standard InChI is InChI=1S/C26H33Cl2N3O6S/c1-6-38(34,35)31(18-10-11-22-23(14-18)37-13-12-36-22)16-24(32)30(17(2)25(33)29-26(3,4)5)15-19-20(27)8-7-9-21(19)28/h7-11,14,17H,6,12-13,15-16H2,1-5H3,(H,29,33)/t17-/m0/s1. The van der Waals surface area contributed by atoms with Crippen LogP contribution in [0.4, 0.5) is 5.69 Å². The lowest BCUT2D eigenvalue weighted by Gasteiger charge is -2.34. The Balaban J connectivity index is 2.00. The SMILES string of the molecule is CCS(=O)(=O)N(CC(=O)N(Cc1c(Cl)cccc1Cl)[C@@H](C)C(=O)NC(C)(C)C)c1ccc2c(c1)OCCO2. The summed E-state index contributed by atoms with van der Waals surface area (Å²) in [6.07, 6.45) is 0. The Labute approximate surface area is 234 Å². The number of halogens is 2. The van der Waals surface area contributed by atoms with Crippen LogP contribution in [0.15, 0.2) is 36.4 Å². The normalized spacial score (nSPS) is 14.0. The van der Waals surface area contributed by atoms with Crippen LogP contribution in [0.25, 0.3) is 0 Å². The Morgan fingerprint density at radius 1 is 1.05 bits per heavy atom. The van der Waals surface area contributed by atoms with Gasteiger partial charge in [-0.15, -0.1) is 0 Å². The lowest BCUT2D eigenvalue weighted by atomic mass is 10.1. The number of rotatable bonds is 9. The lowest BCUT2D eigenvalue weighted by Crippen LogP contribution is -2.54. The molecule has 1 N–H and O–H groups in total. The third-order valence-electron chi connectivity index (χ3n) is 5.85. The van der Waals surface area contributed by atoms with Crippen molar-refractivity contribution in [3.05, 3.63) is 52.0 Å². The largest absolute Gasteiger partial charge is 0.486 e. The van der Waals surface area contributed by atoms with Crippen molar-refractivity contribution < 1.29 is 27.5 Å². The summed E-state index contributed by atoms with van der Waals surface area (Å²) in [7, 11) is -3.90. The van der Waals surface area contributed by atoms with E-state index in [9.17, 15) is 18.0 Å². The van der Waals surface area contributed by atoms with Gasteiger partial charge in [-0.25, -0.2) is 8.42 Å². The molecule has 0 spiro atoms. The van der Waals surface area contributed by atoms with E-state index in [0.717, 1.165) is 4.31 Å². The predicted octanol–water partition coefficient (Wildman–Crippen LogP) is 4.25. The highest BCUT2D eigenvalue weighted by atomic mass is 35.5. The molecule has 9 nitrogen and oxygen atoms in total. The van der Waals surface area contributed by atoms with E-state index in [1.54, 1.807) is 37.3 Å². The van der Waals surface area contributed by atoms with Crippen molar-refractivity contribution >= 4 is 50.7 Å². The zero-order valence-electron chi connectivity index (χ0n) is 22.1. The second kappa shape index (κ2) is 12.0. The van der Waals surface area contributed by atoms with Crippen LogP contribution in [0.1, 0.15) is 40.2 Å². The van der Waals surface area contributed by atoms with E-state index in [1.807, 2.05) is 20.8 Å². The number of nitrogens with one attached hydrogen (secondary N) is 1. The van der Waals surface area contributed by atoms with Crippen molar-refractivity contribution in [1.29, 1.82) is 0 Å². The van der Waals surface area contributed by atoms with Crippen molar-refractivity contribution in [3.63, 3.8) is 0 Å². The Morgan fingerprint density at radius 3 is 2.24 bits per heavy atom. The van der Waals surface area contributed by atoms with Gasteiger partial charge in [0, 0.05) is 33.8 Å². The Bertz CT molecular complexity index is 1280. The number of sulfonamides is 1. The molecule has 0 aromatic heterocycles. The van der Waals surface area contributed by atoms with Crippen LogP contribution >= 0.6 is 23.2 Å². The fraction of sp³-hybridized carbons (Fsp3) is 0.462. The highest BCUT2D eigenvalue weighted by molar-refractivity contribution is 7.92. The first-order valence-corrected chi connectivity index (χ1v) is 14.5. The zero-order valence-corrected chi connectivity index (χ0v) is 24.4. The minimum absolute atomic E-state index is 0.1000. The van der Waals surface area contributed by atoms with Gasteiger partial charge in [0.1, 0.15) is 25.8 Å². The average Bonchev–Trinajstić information content (AvgIpc) is 2.85. The molecule has 0 bridgehead atoms. The van der Waals surface area contributed by atoms with Crippen LogP contribution in [0.2, 0.25) is 10.0 Å². The molecule has 2 aromatic carbocycles. The summed E-state index contributed by atoms with van der Waals surface area (Å²) in [5.41, 5.74) is 0.140. The number of carbonyl (C=O) groups excluding carboxylic acids is 2. The second-order valence-electron chi connectivity index (χ2n) is 9.87. The Hall–Kier alpha value is -2.69. The number of fused-ring (bicyclic) bond motifs is 1. The number of nitrogens with zero attached hydrogens (tertiary/aromatic N) is 2. The van der Waals surface area contributed by atoms with Crippen molar-refractivity contribution in [2.24, 2.45) is 0 Å². The van der Waals surface area contributed by atoms with Gasteiger partial charge in [-0.2, -0.15) is 0 Å². The third kappa shape index (κ3) is 7.24. The molecule has 2 aromatic rings. The van der Waals surface area contributed by atoms with E-state index in [0.29, 0.717) is 40.3 Å². The number of anilines is 1. The summed E-state index contributed by atoms with van der Waals surface area (Å²) in [5.74, 6) is -0.383. The van der Waals surface area contributed by atoms with Gasteiger partial charge >= 0.3 is 0 Å². The number of hydrogen-bond donors (Lipinski definition) is 1. The maximum atomic E-state index is 13.8. The van der Waals surface area contributed by atoms with Gasteiger partial charge in [0.25, 0.3) is 0 Å². The minimum atomic E-state index is -3.90. The maximum Gasteiger partial charge on any atom is 0.244 e. The summed E-state index contributed by atoms with van der Waals surface area (Å²) < 4.78 is 38.5. The molecule has 0 unspecified atom stereocenters. The molecule has 12 heteroatoms. The molecule has 0 fully saturated rings. The maximum absolute atomic E-state index is 13.8. The van der Waals surface area contributed by atoms with E-state index in [2.05, 4.69) is 5.32 Å². The first-order valence-electron chi connectivity index (χ1n) is 12.2. The first-order chi connectivity index (χ1) is 17.7. The van der Waals surface area contributed by atoms with Gasteiger partial charge < -0.3 is 19.7 Å². The smallest absolute Gasteiger partial charge is 0.244 e. The van der Waals surface area contributed by atoms with E-state index < -0.39 is 40.0 Å². The number of hydrogen-bond acceptors (Lipinski definition) is 6. The van der Waals surface area contributed by atoms with Gasteiger partial charge in [-0.3, -0.25) is 13.9 Å². The van der Waals surface area contributed by atoms with Crippen LogP contribution in [-0.2, 0) is 26.2 Å². The summed E-state index contributed by atoms with van der Waals surface area (Å²) in [6, 6.07) is 8.67.